The van der Waals surface area contributed by atoms with Crippen LogP contribution in [-0.4, -0.2) is 28.7 Å². The van der Waals surface area contributed by atoms with E-state index in [2.05, 4.69) is 10.6 Å². The van der Waals surface area contributed by atoms with Gasteiger partial charge in [-0.1, -0.05) is 30.3 Å². The molecular weight excluding hydrogens is 268 g/mol. The van der Waals surface area contributed by atoms with Crippen LogP contribution in [0.2, 0.25) is 0 Å². The molecule has 0 heterocycles. The number of urea groups is 1. The lowest BCUT2D eigenvalue weighted by molar-refractivity contribution is -0.139. The standard InChI is InChI=1S/C16H22N2O3/c1-16(2,12-8-9-12)18-15(21)17-13(14(19)20)10-11-6-4-3-5-7-11/h3-7,12-13H,8-10H2,1-2H3,(H,19,20)(H2,17,18,21). The molecule has 2 amide bonds. The van der Waals surface area contributed by atoms with Crippen molar-refractivity contribution in [1.29, 1.82) is 0 Å². The quantitative estimate of drug-likeness (QED) is 0.751. The molecule has 1 aliphatic carbocycles. The Morgan fingerprint density at radius 2 is 1.90 bits per heavy atom. The molecule has 1 aromatic carbocycles. The van der Waals surface area contributed by atoms with E-state index in [1.807, 2.05) is 44.2 Å². The number of rotatable bonds is 6. The van der Waals surface area contributed by atoms with Crippen LogP contribution >= 0.6 is 0 Å². The van der Waals surface area contributed by atoms with Gasteiger partial charge in [-0.15, -0.1) is 0 Å². The van der Waals surface area contributed by atoms with E-state index < -0.39 is 18.0 Å². The first-order valence-corrected chi connectivity index (χ1v) is 7.24. The second-order valence-electron chi connectivity index (χ2n) is 6.17. The number of hydrogen-bond donors (Lipinski definition) is 3. The third-order valence-electron chi connectivity index (χ3n) is 3.92. The molecule has 1 saturated carbocycles. The van der Waals surface area contributed by atoms with Crippen molar-refractivity contribution in [1.82, 2.24) is 10.6 Å². The molecule has 1 aliphatic rings. The Balaban J connectivity index is 1.93. The van der Waals surface area contributed by atoms with Crippen LogP contribution in [0.25, 0.3) is 0 Å². The Hall–Kier alpha value is -2.04. The predicted octanol–water partition coefficient (Wildman–Crippen LogP) is 2.17. The molecule has 3 N–H and O–H groups in total. The van der Waals surface area contributed by atoms with Crippen molar-refractivity contribution in [2.75, 3.05) is 0 Å². The largest absolute Gasteiger partial charge is 0.480 e. The number of amides is 2. The van der Waals surface area contributed by atoms with E-state index >= 15 is 0 Å². The molecule has 0 spiro atoms. The van der Waals surface area contributed by atoms with Gasteiger partial charge in [-0.2, -0.15) is 0 Å². The van der Waals surface area contributed by atoms with Gasteiger partial charge in [-0.05, 0) is 38.2 Å². The second-order valence-corrected chi connectivity index (χ2v) is 6.17. The normalized spacial score (nSPS) is 16.1. The lowest BCUT2D eigenvalue weighted by atomic mass is 9.99. The molecule has 1 atom stereocenters. The summed E-state index contributed by atoms with van der Waals surface area (Å²) in [5.74, 6) is -0.543. The molecule has 0 bridgehead atoms. The Labute approximate surface area is 124 Å². The Bertz CT molecular complexity index is 510. The molecule has 0 radical (unpaired) electrons. The molecule has 2 rings (SSSR count). The lowest BCUT2D eigenvalue weighted by Gasteiger charge is -2.27. The summed E-state index contributed by atoms with van der Waals surface area (Å²) in [6.07, 6.45) is 2.49. The van der Waals surface area contributed by atoms with Crippen LogP contribution in [0.4, 0.5) is 4.79 Å². The molecule has 0 saturated heterocycles. The van der Waals surface area contributed by atoms with E-state index in [0.717, 1.165) is 18.4 Å². The van der Waals surface area contributed by atoms with Crippen LogP contribution < -0.4 is 10.6 Å². The molecule has 0 aromatic heterocycles. The number of benzene rings is 1. The number of carbonyl (C=O) groups is 2. The highest BCUT2D eigenvalue weighted by atomic mass is 16.4. The summed E-state index contributed by atoms with van der Waals surface area (Å²) in [4.78, 5) is 23.3. The fourth-order valence-electron chi connectivity index (χ4n) is 2.44. The third-order valence-corrected chi connectivity index (χ3v) is 3.92. The molecule has 5 nitrogen and oxygen atoms in total. The van der Waals surface area contributed by atoms with E-state index in [9.17, 15) is 14.7 Å². The maximum Gasteiger partial charge on any atom is 0.326 e. The smallest absolute Gasteiger partial charge is 0.326 e. The van der Waals surface area contributed by atoms with Gasteiger partial charge in [-0.25, -0.2) is 9.59 Å². The van der Waals surface area contributed by atoms with Crippen molar-refractivity contribution >= 4 is 12.0 Å². The van der Waals surface area contributed by atoms with Crippen molar-refractivity contribution in [3.8, 4) is 0 Å². The Morgan fingerprint density at radius 3 is 2.43 bits per heavy atom. The van der Waals surface area contributed by atoms with Gasteiger partial charge in [0.2, 0.25) is 0 Å². The maximum atomic E-state index is 12.0. The minimum absolute atomic E-state index is 0.271. The van der Waals surface area contributed by atoms with Gasteiger partial charge in [0.25, 0.3) is 0 Å². The zero-order valence-electron chi connectivity index (χ0n) is 12.4. The fourth-order valence-corrected chi connectivity index (χ4v) is 2.44. The predicted molar refractivity (Wildman–Crippen MR) is 80.0 cm³/mol. The van der Waals surface area contributed by atoms with Crippen molar-refractivity contribution in [3.05, 3.63) is 35.9 Å². The molecule has 1 fully saturated rings. The summed E-state index contributed by atoms with van der Waals surface area (Å²) in [6, 6.07) is 7.93. The number of hydrogen-bond acceptors (Lipinski definition) is 2. The van der Waals surface area contributed by atoms with Gasteiger partial charge < -0.3 is 15.7 Å². The first-order chi connectivity index (χ1) is 9.88. The lowest BCUT2D eigenvalue weighted by Crippen LogP contribution is -2.54. The molecule has 0 aliphatic heterocycles. The number of carboxylic acids is 1. The van der Waals surface area contributed by atoms with Crippen molar-refractivity contribution < 1.29 is 14.7 Å². The average Bonchev–Trinajstić information content (AvgIpc) is 3.23. The number of carboxylic acid groups (broad SMARTS) is 1. The van der Waals surface area contributed by atoms with Crippen LogP contribution in [0, 0.1) is 5.92 Å². The highest BCUT2D eigenvalue weighted by Gasteiger charge is 2.39. The fraction of sp³-hybridized carbons (Fsp3) is 0.500. The van der Waals surface area contributed by atoms with Gasteiger partial charge in [0.1, 0.15) is 6.04 Å². The zero-order valence-corrected chi connectivity index (χ0v) is 12.4. The van der Waals surface area contributed by atoms with Crippen molar-refractivity contribution in [3.63, 3.8) is 0 Å². The first-order valence-electron chi connectivity index (χ1n) is 7.24. The monoisotopic (exact) mass is 290 g/mol. The van der Waals surface area contributed by atoms with Crippen LogP contribution in [0.3, 0.4) is 0 Å². The molecule has 1 unspecified atom stereocenters. The first kappa shape index (κ1) is 15.4. The van der Waals surface area contributed by atoms with E-state index in [1.54, 1.807) is 0 Å². The van der Waals surface area contributed by atoms with Crippen LogP contribution in [0.5, 0.6) is 0 Å². The number of nitrogens with one attached hydrogen (secondary N) is 2. The number of carbonyl (C=O) groups excluding carboxylic acids is 1. The molecule has 114 valence electrons. The summed E-state index contributed by atoms with van der Waals surface area (Å²) < 4.78 is 0. The molecule has 1 aromatic rings. The summed E-state index contributed by atoms with van der Waals surface area (Å²) in [5.41, 5.74) is 0.589. The molecule has 21 heavy (non-hydrogen) atoms. The van der Waals surface area contributed by atoms with E-state index in [4.69, 9.17) is 0 Å². The van der Waals surface area contributed by atoms with Crippen LogP contribution in [0.1, 0.15) is 32.3 Å². The van der Waals surface area contributed by atoms with E-state index in [1.165, 1.54) is 0 Å². The SMILES string of the molecule is CC(C)(NC(=O)NC(Cc1ccccc1)C(=O)O)C1CC1. The average molecular weight is 290 g/mol. The highest BCUT2D eigenvalue weighted by Crippen LogP contribution is 2.39. The minimum atomic E-state index is -1.03. The maximum absolute atomic E-state index is 12.0. The Kier molecular flexibility index (Phi) is 4.50. The van der Waals surface area contributed by atoms with Crippen LogP contribution in [-0.2, 0) is 11.2 Å². The van der Waals surface area contributed by atoms with E-state index in [0.29, 0.717) is 5.92 Å². The van der Waals surface area contributed by atoms with Gasteiger partial charge in [0, 0.05) is 12.0 Å². The summed E-state index contributed by atoms with van der Waals surface area (Å²) in [7, 11) is 0. The summed E-state index contributed by atoms with van der Waals surface area (Å²) in [6.45, 7) is 3.94. The Morgan fingerprint density at radius 1 is 1.29 bits per heavy atom. The zero-order chi connectivity index (χ0) is 15.5. The number of aliphatic carboxylic acids is 1. The topological polar surface area (TPSA) is 78.4 Å². The molecule has 5 heteroatoms. The van der Waals surface area contributed by atoms with Crippen molar-refractivity contribution in [2.24, 2.45) is 5.92 Å². The second kappa shape index (κ2) is 6.16. The molecular formula is C16H22N2O3. The van der Waals surface area contributed by atoms with E-state index in [-0.39, 0.29) is 12.0 Å². The van der Waals surface area contributed by atoms with Gasteiger partial charge in [0.05, 0.1) is 0 Å². The highest BCUT2D eigenvalue weighted by molar-refractivity contribution is 5.83. The summed E-state index contributed by atoms with van der Waals surface area (Å²) in [5, 5.41) is 14.7. The third kappa shape index (κ3) is 4.48. The van der Waals surface area contributed by atoms with Gasteiger partial charge in [0.15, 0.2) is 0 Å². The minimum Gasteiger partial charge on any atom is -0.480 e. The van der Waals surface area contributed by atoms with Gasteiger partial charge in [-0.3, -0.25) is 0 Å². The van der Waals surface area contributed by atoms with Crippen LogP contribution in [0.15, 0.2) is 30.3 Å². The van der Waals surface area contributed by atoms with Crippen molar-refractivity contribution in [2.45, 2.75) is 44.7 Å². The summed E-state index contributed by atoms with van der Waals surface area (Å²) >= 11 is 0. The van der Waals surface area contributed by atoms with Gasteiger partial charge >= 0.3 is 12.0 Å².